The minimum Gasteiger partial charge on any atom is -0.331 e. The van der Waals surface area contributed by atoms with Crippen molar-refractivity contribution >= 4 is 28.5 Å². The second-order valence-corrected chi connectivity index (χ2v) is 7.32. The smallest absolute Gasteiger partial charge is 0.320 e. The Labute approximate surface area is 164 Å². The molecule has 0 radical (unpaired) electrons. The Kier molecular flexibility index (Phi) is 5.61. The minimum atomic E-state index is -0.0879. The Morgan fingerprint density at radius 2 is 1.85 bits per heavy atom. The van der Waals surface area contributed by atoms with Crippen molar-refractivity contribution in [2.75, 3.05) is 14.1 Å². The standard InChI is InChI=1S/C21H23ClN4O/c1-14-8-17-10-18(20(22)24-19(17)9-15(14)2)13-26(21(27)25(3)4)12-16-6-5-7-23-11-16/h5-11H,12-13H2,1-4H3. The maximum Gasteiger partial charge on any atom is 0.320 e. The van der Waals surface area contributed by atoms with Crippen LogP contribution in [0.4, 0.5) is 4.79 Å². The zero-order valence-electron chi connectivity index (χ0n) is 16.0. The summed E-state index contributed by atoms with van der Waals surface area (Å²) in [6.45, 7) is 4.96. The molecule has 0 spiro atoms. The van der Waals surface area contributed by atoms with Gasteiger partial charge in [-0.15, -0.1) is 0 Å². The monoisotopic (exact) mass is 382 g/mol. The number of aromatic nitrogens is 2. The topological polar surface area (TPSA) is 49.3 Å². The predicted octanol–water partition coefficient (Wildman–Crippen LogP) is 4.58. The van der Waals surface area contributed by atoms with Crippen molar-refractivity contribution in [1.82, 2.24) is 19.8 Å². The van der Waals surface area contributed by atoms with E-state index < -0.39 is 0 Å². The fourth-order valence-corrected chi connectivity index (χ4v) is 3.17. The number of carbonyl (C=O) groups excluding carboxylic acids is 1. The molecule has 2 heterocycles. The maximum absolute atomic E-state index is 12.7. The van der Waals surface area contributed by atoms with E-state index in [1.165, 1.54) is 11.1 Å². The van der Waals surface area contributed by atoms with Crippen LogP contribution in [0.1, 0.15) is 22.3 Å². The van der Waals surface area contributed by atoms with Crippen molar-refractivity contribution in [3.05, 3.63) is 70.1 Å². The Bertz CT molecular complexity index is 973. The van der Waals surface area contributed by atoms with E-state index in [2.05, 4.69) is 29.9 Å². The van der Waals surface area contributed by atoms with Crippen LogP contribution in [0, 0.1) is 13.8 Å². The van der Waals surface area contributed by atoms with Crippen LogP contribution in [-0.2, 0) is 13.1 Å². The number of rotatable bonds is 4. The molecule has 1 aromatic carbocycles. The summed E-state index contributed by atoms with van der Waals surface area (Å²) in [4.78, 5) is 24.7. The molecule has 0 saturated carbocycles. The van der Waals surface area contributed by atoms with Crippen LogP contribution >= 0.6 is 11.6 Å². The highest BCUT2D eigenvalue weighted by atomic mass is 35.5. The van der Waals surface area contributed by atoms with Gasteiger partial charge >= 0.3 is 6.03 Å². The van der Waals surface area contributed by atoms with Crippen molar-refractivity contribution in [1.29, 1.82) is 0 Å². The first kappa shape index (κ1) is 19.1. The molecule has 0 N–H and O–H groups in total. The molecular formula is C21H23ClN4O. The van der Waals surface area contributed by atoms with Gasteiger partial charge in [-0.3, -0.25) is 4.98 Å². The quantitative estimate of drug-likeness (QED) is 0.620. The second-order valence-electron chi connectivity index (χ2n) is 6.96. The highest BCUT2D eigenvalue weighted by Crippen LogP contribution is 2.25. The first-order chi connectivity index (χ1) is 12.8. The van der Waals surface area contributed by atoms with Crippen LogP contribution in [0.2, 0.25) is 5.15 Å². The third-order valence-corrected chi connectivity index (χ3v) is 4.89. The number of amides is 2. The van der Waals surface area contributed by atoms with Crippen LogP contribution in [0.15, 0.2) is 42.7 Å². The molecule has 6 heteroatoms. The first-order valence-electron chi connectivity index (χ1n) is 8.76. The van der Waals surface area contributed by atoms with Gasteiger partial charge in [-0.25, -0.2) is 9.78 Å². The molecule has 3 rings (SSSR count). The molecule has 0 saturated heterocycles. The molecule has 0 aliphatic heterocycles. The van der Waals surface area contributed by atoms with Crippen LogP contribution < -0.4 is 0 Å². The molecule has 2 amide bonds. The lowest BCUT2D eigenvalue weighted by Crippen LogP contribution is -2.38. The van der Waals surface area contributed by atoms with Crippen LogP contribution in [0.5, 0.6) is 0 Å². The summed E-state index contributed by atoms with van der Waals surface area (Å²) in [5.41, 5.74) is 5.04. The first-order valence-corrected chi connectivity index (χ1v) is 9.14. The molecule has 0 aliphatic rings. The summed E-state index contributed by atoms with van der Waals surface area (Å²) >= 11 is 6.45. The maximum atomic E-state index is 12.7. The molecule has 0 bridgehead atoms. The molecule has 2 aromatic heterocycles. The summed E-state index contributed by atoms with van der Waals surface area (Å²) in [7, 11) is 3.48. The summed E-state index contributed by atoms with van der Waals surface area (Å²) < 4.78 is 0. The van der Waals surface area contributed by atoms with E-state index in [9.17, 15) is 4.79 Å². The molecule has 140 valence electrons. The van der Waals surface area contributed by atoms with Gasteiger partial charge in [0.05, 0.1) is 12.1 Å². The van der Waals surface area contributed by atoms with Crippen LogP contribution in [0.25, 0.3) is 10.9 Å². The van der Waals surface area contributed by atoms with Gasteiger partial charge < -0.3 is 9.80 Å². The van der Waals surface area contributed by atoms with Gasteiger partial charge in [0, 0.05) is 44.0 Å². The normalized spacial score (nSPS) is 10.9. The Balaban J connectivity index is 1.96. The SMILES string of the molecule is Cc1cc2cc(CN(Cc3cccnc3)C(=O)N(C)C)c(Cl)nc2cc1C. The molecule has 3 aromatic rings. The largest absolute Gasteiger partial charge is 0.331 e. The number of fused-ring (bicyclic) bond motifs is 1. The average molecular weight is 383 g/mol. The van der Waals surface area contributed by atoms with Crippen molar-refractivity contribution in [3.8, 4) is 0 Å². The van der Waals surface area contributed by atoms with E-state index >= 15 is 0 Å². The summed E-state index contributed by atoms with van der Waals surface area (Å²) in [5, 5.41) is 1.45. The van der Waals surface area contributed by atoms with Crippen molar-refractivity contribution in [3.63, 3.8) is 0 Å². The Morgan fingerprint density at radius 1 is 1.11 bits per heavy atom. The lowest BCUT2D eigenvalue weighted by molar-refractivity contribution is 0.165. The van der Waals surface area contributed by atoms with Crippen LogP contribution in [0.3, 0.4) is 0 Å². The number of urea groups is 1. The number of carbonyl (C=O) groups is 1. The van der Waals surface area contributed by atoms with Crippen molar-refractivity contribution in [2.45, 2.75) is 26.9 Å². The van der Waals surface area contributed by atoms with Gasteiger partial charge in [-0.1, -0.05) is 17.7 Å². The van der Waals surface area contributed by atoms with Gasteiger partial charge in [0.1, 0.15) is 5.15 Å². The van der Waals surface area contributed by atoms with Gasteiger partial charge in [0.15, 0.2) is 0 Å². The second kappa shape index (κ2) is 7.92. The summed E-state index contributed by atoms with van der Waals surface area (Å²) in [6.07, 6.45) is 3.48. The van der Waals surface area contributed by atoms with Gasteiger partial charge in [0.2, 0.25) is 0 Å². The van der Waals surface area contributed by atoms with Gasteiger partial charge in [-0.05, 0) is 54.8 Å². The Hall–Kier alpha value is -2.66. The highest BCUT2D eigenvalue weighted by Gasteiger charge is 2.19. The number of hydrogen-bond donors (Lipinski definition) is 0. The van der Waals surface area contributed by atoms with Gasteiger partial charge in [0.25, 0.3) is 0 Å². The lowest BCUT2D eigenvalue weighted by Gasteiger charge is -2.26. The van der Waals surface area contributed by atoms with E-state index in [-0.39, 0.29) is 6.03 Å². The van der Waals surface area contributed by atoms with Crippen LogP contribution in [-0.4, -0.2) is 39.9 Å². The van der Waals surface area contributed by atoms with E-state index in [0.29, 0.717) is 18.2 Å². The van der Waals surface area contributed by atoms with E-state index in [0.717, 1.165) is 22.0 Å². The number of pyridine rings is 2. The molecular weight excluding hydrogens is 360 g/mol. The third-order valence-electron chi connectivity index (χ3n) is 4.57. The fourth-order valence-electron chi connectivity index (χ4n) is 2.96. The molecule has 0 atom stereocenters. The molecule has 0 fully saturated rings. The molecule has 5 nitrogen and oxygen atoms in total. The molecule has 0 unspecified atom stereocenters. The van der Waals surface area contributed by atoms with Crippen molar-refractivity contribution < 1.29 is 4.79 Å². The average Bonchev–Trinajstić information content (AvgIpc) is 2.63. The van der Waals surface area contributed by atoms with E-state index in [1.54, 1.807) is 36.3 Å². The molecule has 0 aliphatic carbocycles. The zero-order valence-corrected chi connectivity index (χ0v) is 16.8. The number of hydrogen-bond acceptors (Lipinski definition) is 3. The molecule has 27 heavy (non-hydrogen) atoms. The third kappa shape index (κ3) is 4.37. The summed E-state index contributed by atoms with van der Waals surface area (Å²) in [5.74, 6) is 0. The van der Waals surface area contributed by atoms with Gasteiger partial charge in [-0.2, -0.15) is 0 Å². The lowest BCUT2D eigenvalue weighted by atomic mass is 10.0. The fraction of sp³-hybridized carbons (Fsp3) is 0.286. The predicted molar refractivity (Wildman–Crippen MR) is 109 cm³/mol. The van der Waals surface area contributed by atoms with Crippen molar-refractivity contribution in [2.24, 2.45) is 0 Å². The van der Waals surface area contributed by atoms with E-state index in [1.807, 2.05) is 24.3 Å². The minimum absolute atomic E-state index is 0.0879. The highest BCUT2D eigenvalue weighted by molar-refractivity contribution is 6.30. The number of benzene rings is 1. The summed E-state index contributed by atoms with van der Waals surface area (Å²) in [6, 6.07) is 9.90. The number of aryl methyl sites for hydroxylation is 2. The number of halogens is 1. The van der Waals surface area contributed by atoms with E-state index in [4.69, 9.17) is 11.6 Å². The zero-order chi connectivity index (χ0) is 19.6. The Morgan fingerprint density at radius 3 is 2.52 bits per heavy atom. The number of nitrogens with zero attached hydrogens (tertiary/aromatic N) is 4.